The highest BCUT2D eigenvalue weighted by molar-refractivity contribution is 9.10. The van der Waals surface area contributed by atoms with Crippen LogP contribution in [0.1, 0.15) is 12.7 Å². The van der Waals surface area contributed by atoms with Crippen molar-refractivity contribution in [1.29, 1.82) is 0 Å². The second-order valence-corrected chi connectivity index (χ2v) is 3.75. The standard InChI is InChI=1S/C9H9BrN4/c1-2-9-11-12-13-14(9)8-5-3-7(10)4-6-8/h3-6H,2H2,1H3. The highest BCUT2D eigenvalue weighted by Gasteiger charge is 2.04. The maximum Gasteiger partial charge on any atom is 0.156 e. The van der Waals surface area contributed by atoms with Crippen molar-refractivity contribution >= 4 is 15.9 Å². The van der Waals surface area contributed by atoms with Crippen LogP contribution in [0.15, 0.2) is 28.7 Å². The van der Waals surface area contributed by atoms with Gasteiger partial charge in [0.15, 0.2) is 5.82 Å². The van der Waals surface area contributed by atoms with Crippen LogP contribution in [-0.2, 0) is 6.42 Å². The van der Waals surface area contributed by atoms with E-state index in [0.29, 0.717) is 0 Å². The maximum atomic E-state index is 3.93. The van der Waals surface area contributed by atoms with Crippen molar-refractivity contribution in [3.05, 3.63) is 34.6 Å². The molecule has 0 saturated carbocycles. The van der Waals surface area contributed by atoms with Gasteiger partial charge >= 0.3 is 0 Å². The van der Waals surface area contributed by atoms with Crippen LogP contribution >= 0.6 is 15.9 Å². The lowest BCUT2D eigenvalue weighted by atomic mass is 10.3. The maximum absolute atomic E-state index is 3.93. The second-order valence-electron chi connectivity index (χ2n) is 2.84. The highest BCUT2D eigenvalue weighted by Crippen LogP contribution is 2.13. The zero-order valence-electron chi connectivity index (χ0n) is 7.68. The lowest BCUT2D eigenvalue weighted by Crippen LogP contribution is -2.01. The molecule has 1 aromatic carbocycles. The number of aromatic nitrogens is 4. The summed E-state index contributed by atoms with van der Waals surface area (Å²) in [4.78, 5) is 0. The van der Waals surface area contributed by atoms with Gasteiger partial charge in [-0.2, -0.15) is 4.68 Å². The fourth-order valence-corrected chi connectivity index (χ4v) is 1.47. The Balaban J connectivity index is 2.44. The Morgan fingerprint density at radius 1 is 1.29 bits per heavy atom. The van der Waals surface area contributed by atoms with Crippen molar-refractivity contribution in [3.8, 4) is 5.69 Å². The molecule has 0 aliphatic rings. The monoisotopic (exact) mass is 252 g/mol. The molecule has 5 heteroatoms. The van der Waals surface area contributed by atoms with Crippen molar-refractivity contribution in [1.82, 2.24) is 20.2 Å². The van der Waals surface area contributed by atoms with Gasteiger partial charge in [0.1, 0.15) is 0 Å². The third kappa shape index (κ3) is 1.68. The van der Waals surface area contributed by atoms with Gasteiger partial charge in [0.05, 0.1) is 5.69 Å². The second kappa shape index (κ2) is 3.88. The zero-order chi connectivity index (χ0) is 9.97. The first-order valence-electron chi connectivity index (χ1n) is 4.34. The minimum atomic E-state index is 0.822. The summed E-state index contributed by atoms with van der Waals surface area (Å²) in [6.07, 6.45) is 0.822. The summed E-state index contributed by atoms with van der Waals surface area (Å²) in [5.41, 5.74) is 0.982. The largest absolute Gasteiger partial charge is 0.197 e. The molecule has 0 aliphatic heterocycles. The van der Waals surface area contributed by atoms with E-state index in [1.54, 1.807) is 4.68 Å². The molecule has 0 fully saturated rings. The molecule has 0 saturated heterocycles. The van der Waals surface area contributed by atoms with Crippen molar-refractivity contribution in [2.24, 2.45) is 0 Å². The lowest BCUT2D eigenvalue weighted by molar-refractivity contribution is 0.766. The van der Waals surface area contributed by atoms with Crippen LogP contribution in [0.2, 0.25) is 0 Å². The van der Waals surface area contributed by atoms with Crippen LogP contribution < -0.4 is 0 Å². The van der Waals surface area contributed by atoms with E-state index in [9.17, 15) is 0 Å². The number of halogens is 1. The number of rotatable bonds is 2. The van der Waals surface area contributed by atoms with Gasteiger partial charge in [-0.15, -0.1) is 5.10 Å². The van der Waals surface area contributed by atoms with Gasteiger partial charge < -0.3 is 0 Å². The van der Waals surface area contributed by atoms with Crippen LogP contribution in [-0.4, -0.2) is 20.2 Å². The minimum Gasteiger partial charge on any atom is -0.197 e. The average molecular weight is 253 g/mol. The van der Waals surface area contributed by atoms with Crippen molar-refractivity contribution in [2.75, 3.05) is 0 Å². The van der Waals surface area contributed by atoms with Crippen LogP contribution in [0, 0.1) is 0 Å². The Kier molecular flexibility index (Phi) is 2.58. The van der Waals surface area contributed by atoms with E-state index in [1.165, 1.54) is 0 Å². The zero-order valence-corrected chi connectivity index (χ0v) is 9.27. The average Bonchev–Trinajstić information content (AvgIpc) is 2.67. The van der Waals surface area contributed by atoms with E-state index < -0.39 is 0 Å². The first-order valence-corrected chi connectivity index (χ1v) is 5.13. The van der Waals surface area contributed by atoms with Crippen molar-refractivity contribution in [2.45, 2.75) is 13.3 Å². The molecule has 0 aliphatic carbocycles. The Morgan fingerprint density at radius 3 is 2.64 bits per heavy atom. The molecule has 1 heterocycles. The predicted molar refractivity (Wildman–Crippen MR) is 56.2 cm³/mol. The lowest BCUT2D eigenvalue weighted by Gasteiger charge is -2.01. The van der Waals surface area contributed by atoms with Crippen LogP contribution in [0.25, 0.3) is 5.69 Å². The summed E-state index contributed by atoms with van der Waals surface area (Å²) in [5.74, 6) is 0.868. The number of hydrogen-bond acceptors (Lipinski definition) is 3. The fourth-order valence-electron chi connectivity index (χ4n) is 1.21. The summed E-state index contributed by atoms with van der Waals surface area (Å²) in [6, 6.07) is 7.88. The molecule has 2 rings (SSSR count). The Bertz CT molecular complexity index is 421. The molecule has 0 unspecified atom stereocenters. The molecular weight excluding hydrogens is 244 g/mol. The van der Waals surface area contributed by atoms with Crippen molar-refractivity contribution < 1.29 is 0 Å². The first-order chi connectivity index (χ1) is 6.81. The van der Waals surface area contributed by atoms with Crippen LogP contribution in [0.5, 0.6) is 0 Å². The van der Waals surface area contributed by atoms with Gasteiger partial charge in [-0.1, -0.05) is 22.9 Å². The molecule has 0 atom stereocenters. The molecule has 0 radical (unpaired) electrons. The number of tetrazole rings is 1. The minimum absolute atomic E-state index is 0.822. The fraction of sp³-hybridized carbons (Fsp3) is 0.222. The van der Waals surface area contributed by atoms with E-state index in [2.05, 4.69) is 31.5 Å². The number of nitrogens with zero attached hydrogens (tertiary/aromatic N) is 4. The predicted octanol–water partition coefficient (Wildman–Crippen LogP) is 1.99. The van der Waals surface area contributed by atoms with Gasteiger partial charge in [-0.3, -0.25) is 0 Å². The topological polar surface area (TPSA) is 43.6 Å². The molecule has 72 valence electrons. The third-order valence-electron chi connectivity index (χ3n) is 1.92. The van der Waals surface area contributed by atoms with Gasteiger partial charge in [-0.05, 0) is 34.7 Å². The summed E-state index contributed by atoms with van der Waals surface area (Å²) >= 11 is 3.38. The van der Waals surface area contributed by atoms with Crippen LogP contribution in [0.4, 0.5) is 0 Å². The SMILES string of the molecule is CCc1nnnn1-c1ccc(Br)cc1. The van der Waals surface area contributed by atoms with E-state index >= 15 is 0 Å². The first kappa shape index (κ1) is 9.33. The van der Waals surface area contributed by atoms with Gasteiger partial charge in [0.25, 0.3) is 0 Å². The molecule has 0 N–H and O–H groups in total. The van der Waals surface area contributed by atoms with Gasteiger partial charge in [-0.25, -0.2) is 0 Å². The summed E-state index contributed by atoms with van der Waals surface area (Å²) in [6.45, 7) is 2.03. The third-order valence-corrected chi connectivity index (χ3v) is 2.45. The Labute approximate surface area is 90.1 Å². The van der Waals surface area contributed by atoms with E-state index in [4.69, 9.17) is 0 Å². The van der Waals surface area contributed by atoms with E-state index in [0.717, 1.165) is 22.4 Å². The van der Waals surface area contributed by atoms with Gasteiger partial charge in [0.2, 0.25) is 0 Å². The number of hydrogen-bond donors (Lipinski definition) is 0. The molecule has 4 nitrogen and oxygen atoms in total. The number of aryl methyl sites for hydroxylation is 1. The number of benzene rings is 1. The molecule has 0 bridgehead atoms. The molecule has 0 amide bonds. The van der Waals surface area contributed by atoms with Crippen molar-refractivity contribution in [3.63, 3.8) is 0 Å². The Morgan fingerprint density at radius 2 is 2.00 bits per heavy atom. The summed E-state index contributed by atoms with van der Waals surface area (Å²) in [7, 11) is 0. The summed E-state index contributed by atoms with van der Waals surface area (Å²) < 4.78 is 2.79. The highest BCUT2D eigenvalue weighted by atomic mass is 79.9. The summed E-state index contributed by atoms with van der Waals surface area (Å²) in [5, 5.41) is 11.5. The normalized spacial score (nSPS) is 10.4. The van der Waals surface area contributed by atoms with Crippen LogP contribution in [0.3, 0.4) is 0 Å². The Hall–Kier alpha value is -1.23. The quantitative estimate of drug-likeness (QED) is 0.821. The molecule has 1 aromatic heterocycles. The molecular formula is C9H9BrN4. The molecule has 2 aromatic rings. The molecule has 14 heavy (non-hydrogen) atoms. The smallest absolute Gasteiger partial charge is 0.156 e. The van der Waals surface area contributed by atoms with Gasteiger partial charge in [0, 0.05) is 10.9 Å². The van der Waals surface area contributed by atoms with E-state index in [-0.39, 0.29) is 0 Å². The van der Waals surface area contributed by atoms with E-state index in [1.807, 2.05) is 31.2 Å². The molecule has 0 spiro atoms.